The normalized spacial score (nSPS) is 21.5. The van der Waals surface area contributed by atoms with Crippen molar-refractivity contribution in [2.75, 3.05) is 13.1 Å². The van der Waals surface area contributed by atoms with E-state index in [-0.39, 0.29) is 17.9 Å². The Morgan fingerprint density at radius 2 is 2.11 bits per heavy atom. The first-order valence-corrected chi connectivity index (χ1v) is 6.78. The van der Waals surface area contributed by atoms with Gasteiger partial charge in [0, 0.05) is 25.1 Å². The van der Waals surface area contributed by atoms with Crippen molar-refractivity contribution >= 4 is 11.5 Å². The molecule has 1 aliphatic rings. The lowest BCUT2D eigenvalue weighted by Crippen LogP contribution is -2.29. The van der Waals surface area contributed by atoms with E-state index in [1.807, 2.05) is 42.2 Å². The number of likely N-dealkylation sites (tertiary alicyclic amines) is 1. The maximum atomic E-state index is 12.2. The smallest absolute Gasteiger partial charge is 0.246 e. The Labute approximate surface area is 114 Å². The third-order valence-electron chi connectivity index (χ3n) is 3.79. The number of rotatable bonds is 3. The van der Waals surface area contributed by atoms with E-state index in [1.165, 1.54) is 0 Å². The number of amides is 1. The fraction of sp³-hybridized carbons (Fsp3) is 0.438. The number of nitrogens with zero attached hydrogens (tertiary/aromatic N) is 1. The number of allylic oxidation sites excluding steroid dienone is 1. The minimum absolute atomic E-state index is 0.0458. The van der Waals surface area contributed by atoms with Gasteiger partial charge in [-0.2, -0.15) is 0 Å². The van der Waals surface area contributed by atoms with Crippen LogP contribution in [0.1, 0.15) is 25.8 Å². The molecular formula is C16H21NO2. The summed E-state index contributed by atoms with van der Waals surface area (Å²) in [5.41, 5.74) is 2.05. The Hall–Kier alpha value is -1.61. The molecule has 19 heavy (non-hydrogen) atoms. The monoisotopic (exact) mass is 259 g/mol. The molecule has 0 aliphatic carbocycles. The molecule has 0 bridgehead atoms. The van der Waals surface area contributed by atoms with Crippen LogP contribution in [0.3, 0.4) is 0 Å². The van der Waals surface area contributed by atoms with Crippen molar-refractivity contribution in [3.8, 4) is 0 Å². The molecule has 0 radical (unpaired) electrons. The van der Waals surface area contributed by atoms with Crippen LogP contribution in [0.4, 0.5) is 0 Å². The third-order valence-corrected chi connectivity index (χ3v) is 3.79. The first-order valence-electron chi connectivity index (χ1n) is 6.78. The highest BCUT2D eigenvalue weighted by atomic mass is 16.3. The number of aliphatic hydroxyl groups is 1. The Kier molecular flexibility index (Phi) is 4.38. The summed E-state index contributed by atoms with van der Waals surface area (Å²) < 4.78 is 0. The summed E-state index contributed by atoms with van der Waals surface area (Å²) in [6, 6.07) is 9.91. The fourth-order valence-electron chi connectivity index (χ4n) is 2.44. The van der Waals surface area contributed by atoms with Crippen molar-refractivity contribution in [2.24, 2.45) is 5.92 Å². The molecule has 0 spiro atoms. The van der Waals surface area contributed by atoms with Crippen LogP contribution in [0.15, 0.2) is 36.4 Å². The number of carbonyl (C=O) groups is 1. The van der Waals surface area contributed by atoms with Crippen LogP contribution in [0.2, 0.25) is 0 Å². The summed E-state index contributed by atoms with van der Waals surface area (Å²) in [5.74, 6) is 0.263. The van der Waals surface area contributed by atoms with Crippen molar-refractivity contribution in [3.05, 3.63) is 42.0 Å². The lowest BCUT2D eigenvalue weighted by Gasteiger charge is -2.16. The Morgan fingerprint density at radius 3 is 2.68 bits per heavy atom. The molecule has 102 valence electrons. The minimum Gasteiger partial charge on any atom is -0.393 e. The second kappa shape index (κ2) is 6.02. The maximum Gasteiger partial charge on any atom is 0.246 e. The third kappa shape index (κ3) is 3.44. The highest BCUT2D eigenvalue weighted by Crippen LogP contribution is 2.21. The summed E-state index contributed by atoms with van der Waals surface area (Å²) in [6.07, 6.45) is 2.25. The Bertz CT molecular complexity index is 465. The molecule has 2 rings (SSSR count). The zero-order chi connectivity index (χ0) is 13.8. The summed E-state index contributed by atoms with van der Waals surface area (Å²) in [5, 5.41) is 9.56. The summed E-state index contributed by atoms with van der Waals surface area (Å²) >= 11 is 0. The number of hydrogen-bond acceptors (Lipinski definition) is 2. The van der Waals surface area contributed by atoms with Crippen molar-refractivity contribution in [3.63, 3.8) is 0 Å². The molecule has 1 amide bonds. The van der Waals surface area contributed by atoms with Crippen LogP contribution < -0.4 is 0 Å². The van der Waals surface area contributed by atoms with Gasteiger partial charge in [0.2, 0.25) is 5.91 Å². The molecule has 0 aromatic heterocycles. The van der Waals surface area contributed by atoms with Crippen molar-refractivity contribution in [2.45, 2.75) is 26.4 Å². The van der Waals surface area contributed by atoms with Crippen molar-refractivity contribution < 1.29 is 9.90 Å². The predicted molar refractivity (Wildman–Crippen MR) is 76.5 cm³/mol. The highest BCUT2D eigenvalue weighted by molar-refractivity contribution is 5.95. The predicted octanol–water partition coefficient (Wildman–Crippen LogP) is 2.32. The van der Waals surface area contributed by atoms with E-state index in [4.69, 9.17) is 0 Å². The van der Waals surface area contributed by atoms with Gasteiger partial charge in [-0.05, 0) is 31.4 Å². The molecule has 1 aromatic rings. The van der Waals surface area contributed by atoms with Crippen molar-refractivity contribution in [1.82, 2.24) is 4.90 Å². The molecule has 3 nitrogen and oxygen atoms in total. The van der Waals surface area contributed by atoms with Crippen LogP contribution in [0, 0.1) is 5.92 Å². The van der Waals surface area contributed by atoms with Crippen LogP contribution in [-0.4, -0.2) is 35.1 Å². The van der Waals surface area contributed by atoms with Crippen LogP contribution in [0.25, 0.3) is 5.57 Å². The van der Waals surface area contributed by atoms with Crippen LogP contribution in [-0.2, 0) is 4.79 Å². The van der Waals surface area contributed by atoms with Gasteiger partial charge in [0.25, 0.3) is 0 Å². The quantitative estimate of drug-likeness (QED) is 0.846. The molecule has 1 N–H and O–H groups in total. The number of benzene rings is 1. The molecule has 0 saturated carbocycles. The average Bonchev–Trinajstić information content (AvgIpc) is 2.89. The van der Waals surface area contributed by atoms with Gasteiger partial charge in [-0.3, -0.25) is 4.79 Å². The number of aliphatic hydroxyl groups excluding tert-OH is 1. The van der Waals surface area contributed by atoms with Gasteiger partial charge < -0.3 is 10.0 Å². The lowest BCUT2D eigenvalue weighted by atomic mass is 10.0. The number of hydrogen-bond donors (Lipinski definition) is 1. The maximum absolute atomic E-state index is 12.2. The summed E-state index contributed by atoms with van der Waals surface area (Å²) in [4.78, 5) is 14.0. The van der Waals surface area contributed by atoms with Crippen molar-refractivity contribution in [1.29, 1.82) is 0 Å². The molecular weight excluding hydrogens is 238 g/mol. The van der Waals surface area contributed by atoms with Gasteiger partial charge in [-0.25, -0.2) is 0 Å². The topological polar surface area (TPSA) is 40.5 Å². The second-order valence-electron chi connectivity index (χ2n) is 5.27. The molecule has 2 atom stereocenters. The van der Waals surface area contributed by atoms with E-state index < -0.39 is 0 Å². The highest BCUT2D eigenvalue weighted by Gasteiger charge is 2.28. The Morgan fingerprint density at radius 1 is 1.42 bits per heavy atom. The molecule has 1 fully saturated rings. The molecule has 1 heterocycles. The largest absolute Gasteiger partial charge is 0.393 e. The van der Waals surface area contributed by atoms with Gasteiger partial charge in [0.1, 0.15) is 0 Å². The SMILES string of the molecule is C/C(=C/C(=O)N1CCC(C(C)O)C1)c1ccccc1. The zero-order valence-corrected chi connectivity index (χ0v) is 11.5. The van der Waals surface area contributed by atoms with Gasteiger partial charge in [-0.1, -0.05) is 30.3 Å². The van der Waals surface area contributed by atoms with Gasteiger partial charge >= 0.3 is 0 Å². The van der Waals surface area contributed by atoms with Gasteiger partial charge in [-0.15, -0.1) is 0 Å². The summed E-state index contributed by atoms with van der Waals surface area (Å²) in [7, 11) is 0. The van der Waals surface area contributed by atoms with E-state index >= 15 is 0 Å². The van der Waals surface area contributed by atoms with Crippen LogP contribution in [0.5, 0.6) is 0 Å². The first-order chi connectivity index (χ1) is 9.08. The average molecular weight is 259 g/mol. The lowest BCUT2D eigenvalue weighted by molar-refractivity contribution is -0.125. The summed E-state index contributed by atoms with van der Waals surface area (Å²) in [6.45, 7) is 5.15. The van der Waals surface area contributed by atoms with E-state index in [0.717, 1.165) is 24.1 Å². The Balaban J connectivity index is 2.02. The molecule has 1 aliphatic heterocycles. The minimum atomic E-state index is -0.336. The molecule has 2 unspecified atom stereocenters. The van der Waals surface area contributed by atoms with E-state index in [2.05, 4.69) is 0 Å². The second-order valence-corrected chi connectivity index (χ2v) is 5.27. The molecule has 1 aromatic carbocycles. The zero-order valence-electron chi connectivity index (χ0n) is 11.5. The van der Waals surface area contributed by atoms with E-state index in [1.54, 1.807) is 13.0 Å². The van der Waals surface area contributed by atoms with Gasteiger partial charge in [0.15, 0.2) is 0 Å². The molecule has 1 saturated heterocycles. The standard InChI is InChI=1S/C16H21NO2/c1-12(14-6-4-3-5-7-14)10-16(19)17-9-8-15(11-17)13(2)18/h3-7,10,13,15,18H,8-9,11H2,1-2H3/b12-10-. The fourth-order valence-corrected chi connectivity index (χ4v) is 2.44. The first kappa shape index (κ1) is 13.8. The van der Waals surface area contributed by atoms with Crippen LogP contribution >= 0.6 is 0 Å². The van der Waals surface area contributed by atoms with Gasteiger partial charge in [0.05, 0.1) is 6.10 Å². The van der Waals surface area contributed by atoms with E-state index in [0.29, 0.717) is 6.54 Å². The van der Waals surface area contributed by atoms with E-state index in [9.17, 15) is 9.90 Å². The molecule has 3 heteroatoms. The number of carbonyl (C=O) groups excluding carboxylic acids is 1.